The van der Waals surface area contributed by atoms with Crippen LogP contribution in [0.5, 0.6) is 0 Å². The molecule has 1 heterocycles. The fourth-order valence-corrected chi connectivity index (χ4v) is 3.81. The molecule has 0 radical (unpaired) electrons. The van der Waals surface area contributed by atoms with Crippen molar-refractivity contribution in [3.63, 3.8) is 0 Å². The van der Waals surface area contributed by atoms with Gasteiger partial charge in [0.05, 0.1) is 0 Å². The molecule has 8 nitrogen and oxygen atoms in total. The summed E-state index contributed by atoms with van der Waals surface area (Å²) in [7, 11) is 0. The van der Waals surface area contributed by atoms with Crippen LogP contribution < -0.4 is 0 Å². The van der Waals surface area contributed by atoms with Crippen LogP contribution in [0.4, 0.5) is 0 Å². The van der Waals surface area contributed by atoms with Gasteiger partial charge in [-0.2, -0.15) is 0 Å². The monoisotopic (exact) mass is 467 g/mol. The Morgan fingerprint density at radius 1 is 1.09 bits per heavy atom. The van der Waals surface area contributed by atoms with Crippen LogP contribution in [0.1, 0.15) is 43.7 Å². The Kier molecular flexibility index (Phi) is 9.07. The Bertz CT molecular complexity index is 993. The lowest BCUT2D eigenvalue weighted by atomic mass is 10.00. The molecular formula is C26H29NO7. The van der Waals surface area contributed by atoms with Crippen LogP contribution in [0.25, 0.3) is 0 Å². The van der Waals surface area contributed by atoms with Crippen molar-refractivity contribution in [2.24, 2.45) is 0 Å². The second kappa shape index (κ2) is 12.2. The van der Waals surface area contributed by atoms with Crippen molar-refractivity contribution in [1.82, 2.24) is 0 Å². The van der Waals surface area contributed by atoms with Gasteiger partial charge in [-0.1, -0.05) is 74.0 Å². The van der Waals surface area contributed by atoms with Crippen LogP contribution >= 0.6 is 0 Å². The molecule has 0 aromatic heterocycles. The Labute approximate surface area is 198 Å². The maximum atomic E-state index is 12.8. The number of nitrogens with zero attached hydrogens (tertiary/aromatic N) is 1. The molecule has 1 aliphatic rings. The Morgan fingerprint density at radius 2 is 1.74 bits per heavy atom. The average Bonchev–Trinajstić information content (AvgIpc) is 3.23. The summed E-state index contributed by atoms with van der Waals surface area (Å²) < 4.78 is 17.8. The van der Waals surface area contributed by atoms with Gasteiger partial charge in [0.1, 0.15) is 18.8 Å². The van der Waals surface area contributed by atoms with Gasteiger partial charge in [0.15, 0.2) is 12.1 Å². The number of esters is 1. The number of rotatable bonds is 12. The molecule has 0 bridgehead atoms. The van der Waals surface area contributed by atoms with Crippen LogP contribution in [-0.2, 0) is 36.2 Å². The molecule has 1 saturated heterocycles. The second-order valence-corrected chi connectivity index (χ2v) is 8.08. The van der Waals surface area contributed by atoms with Gasteiger partial charge in [-0.05, 0) is 18.1 Å². The van der Waals surface area contributed by atoms with Gasteiger partial charge in [-0.25, -0.2) is 4.79 Å². The highest BCUT2D eigenvalue weighted by molar-refractivity contribution is 5.88. The molecule has 8 heteroatoms. The minimum Gasteiger partial charge on any atom is -0.457 e. The molecule has 3 atom stereocenters. The molecule has 0 saturated carbocycles. The first-order chi connectivity index (χ1) is 16.5. The summed E-state index contributed by atoms with van der Waals surface area (Å²) in [5, 5.41) is 11.0. The van der Waals surface area contributed by atoms with Gasteiger partial charge in [-0.3, -0.25) is 10.1 Å². The standard InChI is InChI=1S/C26H29NO7/c1-2-3-15-26(22-12-8-5-9-13-22)33-23(24(18-28)34-26)17-21(14-16-27(30)31)25(29)32-19-20-10-6-4-7-11-20/h4-13,17-18,23-24H,2-3,14-16,19H2,1H3. The van der Waals surface area contributed by atoms with Crippen molar-refractivity contribution in [1.29, 1.82) is 0 Å². The van der Waals surface area contributed by atoms with Crippen LogP contribution in [0.2, 0.25) is 0 Å². The van der Waals surface area contributed by atoms with E-state index < -0.39 is 35.4 Å². The summed E-state index contributed by atoms with van der Waals surface area (Å²) in [5.74, 6) is -1.84. The first-order valence-electron chi connectivity index (χ1n) is 11.4. The third-order valence-corrected chi connectivity index (χ3v) is 5.59. The molecule has 0 spiro atoms. The van der Waals surface area contributed by atoms with E-state index in [-0.39, 0.29) is 18.6 Å². The zero-order valence-corrected chi connectivity index (χ0v) is 19.1. The third kappa shape index (κ3) is 6.59. The molecule has 1 aliphatic heterocycles. The zero-order valence-electron chi connectivity index (χ0n) is 19.1. The zero-order chi connectivity index (χ0) is 24.4. The quantitative estimate of drug-likeness (QED) is 0.150. The van der Waals surface area contributed by atoms with Crippen molar-refractivity contribution in [2.45, 2.75) is 57.2 Å². The van der Waals surface area contributed by atoms with Gasteiger partial charge in [0.25, 0.3) is 0 Å². The third-order valence-electron chi connectivity index (χ3n) is 5.59. The van der Waals surface area contributed by atoms with Gasteiger partial charge in [0.2, 0.25) is 6.54 Å². The van der Waals surface area contributed by atoms with Gasteiger partial charge in [0, 0.05) is 28.9 Å². The van der Waals surface area contributed by atoms with E-state index in [1.54, 1.807) is 0 Å². The number of ether oxygens (including phenoxy) is 3. The van der Waals surface area contributed by atoms with E-state index in [1.807, 2.05) is 67.6 Å². The maximum Gasteiger partial charge on any atom is 0.334 e. The SMILES string of the molecule is CCCCC1(c2ccccc2)OC(C=O)C(C=C(CC[N+](=O)[O-])C(=O)OCc2ccccc2)O1. The number of carbonyl (C=O) groups is 2. The minimum absolute atomic E-state index is 0.0268. The Balaban J connectivity index is 1.85. The number of carbonyl (C=O) groups excluding carboxylic acids is 2. The van der Waals surface area contributed by atoms with Crippen molar-refractivity contribution in [3.05, 3.63) is 93.6 Å². The molecule has 1 fully saturated rings. The van der Waals surface area contributed by atoms with E-state index >= 15 is 0 Å². The lowest BCUT2D eigenvalue weighted by molar-refractivity contribution is -0.479. The lowest BCUT2D eigenvalue weighted by Gasteiger charge is -2.28. The smallest absolute Gasteiger partial charge is 0.334 e. The number of nitro groups is 1. The van der Waals surface area contributed by atoms with Crippen LogP contribution in [-0.4, -0.2) is 35.9 Å². The lowest BCUT2D eigenvalue weighted by Crippen LogP contribution is -2.28. The van der Waals surface area contributed by atoms with E-state index in [9.17, 15) is 19.7 Å². The van der Waals surface area contributed by atoms with Crippen LogP contribution in [0.15, 0.2) is 72.3 Å². The van der Waals surface area contributed by atoms with Gasteiger partial charge in [-0.15, -0.1) is 0 Å². The predicted octanol–water partition coefficient (Wildman–Crippen LogP) is 4.35. The van der Waals surface area contributed by atoms with E-state index in [2.05, 4.69) is 0 Å². The second-order valence-electron chi connectivity index (χ2n) is 8.08. The highest BCUT2D eigenvalue weighted by Crippen LogP contribution is 2.42. The normalized spacial score (nSPS) is 22.3. The Hall–Kier alpha value is -3.36. The molecule has 180 valence electrons. The number of benzene rings is 2. The Morgan fingerprint density at radius 3 is 2.35 bits per heavy atom. The molecule has 2 aromatic carbocycles. The molecular weight excluding hydrogens is 438 g/mol. The van der Waals surface area contributed by atoms with E-state index in [1.165, 1.54) is 6.08 Å². The average molecular weight is 468 g/mol. The highest BCUT2D eigenvalue weighted by atomic mass is 16.8. The van der Waals surface area contributed by atoms with E-state index in [0.29, 0.717) is 12.7 Å². The predicted molar refractivity (Wildman–Crippen MR) is 124 cm³/mol. The minimum atomic E-state index is -1.15. The molecule has 34 heavy (non-hydrogen) atoms. The molecule has 3 rings (SSSR count). The summed E-state index contributed by atoms with van der Waals surface area (Å²) >= 11 is 0. The number of hydrogen-bond donors (Lipinski definition) is 0. The summed E-state index contributed by atoms with van der Waals surface area (Å²) in [6, 6.07) is 18.4. The summed E-state index contributed by atoms with van der Waals surface area (Å²) in [6.45, 7) is 1.62. The molecule has 0 amide bonds. The fraction of sp³-hybridized carbons (Fsp3) is 0.385. The van der Waals surface area contributed by atoms with Gasteiger partial charge >= 0.3 is 5.97 Å². The number of aldehydes is 1. The van der Waals surface area contributed by atoms with Crippen LogP contribution in [0, 0.1) is 10.1 Å². The highest BCUT2D eigenvalue weighted by Gasteiger charge is 2.48. The van der Waals surface area contributed by atoms with Crippen molar-refractivity contribution < 1.29 is 28.7 Å². The van der Waals surface area contributed by atoms with Crippen molar-refractivity contribution in [2.75, 3.05) is 6.54 Å². The maximum absolute atomic E-state index is 12.8. The van der Waals surface area contributed by atoms with E-state index in [4.69, 9.17) is 14.2 Å². The summed E-state index contributed by atoms with van der Waals surface area (Å²) in [5.41, 5.74) is 1.63. The van der Waals surface area contributed by atoms with Crippen molar-refractivity contribution >= 4 is 12.3 Å². The van der Waals surface area contributed by atoms with Crippen molar-refractivity contribution in [3.8, 4) is 0 Å². The van der Waals surface area contributed by atoms with E-state index in [0.717, 1.165) is 24.0 Å². The first kappa shape index (κ1) is 25.3. The topological polar surface area (TPSA) is 105 Å². The summed E-state index contributed by atoms with van der Waals surface area (Å²) in [4.78, 5) is 35.2. The fourth-order valence-electron chi connectivity index (χ4n) is 3.81. The molecule has 3 unspecified atom stereocenters. The molecule has 0 aliphatic carbocycles. The molecule has 2 aromatic rings. The largest absolute Gasteiger partial charge is 0.457 e. The van der Waals surface area contributed by atoms with Crippen LogP contribution in [0.3, 0.4) is 0 Å². The number of hydrogen-bond acceptors (Lipinski definition) is 7. The van der Waals surface area contributed by atoms with Gasteiger partial charge < -0.3 is 19.0 Å². The summed E-state index contributed by atoms with van der Waals surface area (Å²) in [6.07, 6.45) is 2.28. The first-order valence-corrected chi connectivity index (χ1v) is 11.4. The number of unbranched alkanes of at least 4 members (excludes halogenated alkanes) is 1. The molecule has 0 N–H and O–H groups in total.